The number of methoxy groups -OCH3 is 1. The van der Waals surface area contributed by atoms with Gasteiger partial charge in [0.1, 0.15) is 0 Å². The van der Waals surface area contributed by atoms with Crippen molar-refractivity contribution in [3.05, 3.63) is 23.8 Å². The van der Waals surface area contributed by atoms with Crippen LogP contribution < -0.4 is 0 Å². The summed E-state index contributed by atoms with van der Waals surface area (Å²) in [6.07, 6.45) is 6.87. The summed E-state index contributed by atoms with van der Waals surface area (Å²) in [4.78, 5) is 52.0. The first-order valence-corrected chi connectivity index (χ1v) is 19.6. The van der Waals surface area contributed by atoms with Crippen LogP contribution in [0.25, 0.3) is 0 Å². The van der Waals surface area contributed by atoms with E-state index in [9.17, 15) is 34.5 Å². The summed E-state index contributed by atoms with van der Waals surface area (Å²) < 4.78 is 35.5. The molecule has 4 rings (SSSR count). The highest BCUT2D eigenvalue weighted by Crippen LogP contribution is 2.47. The van der Waals surface area contributed by atoms with E-state index in [-0.39, 0.29) is 49.9 Å². The molecule has 0 aromatic rings. The molecule has 6 bridgehead atoms. The first-order valence-electron chi connectivity index (χ1n) is 19.6. The Morgan fingerprint density at radius 2 is 1.70 bits per heavy atom. The SMILES string of the molecule is CCCCCCCC(=O)O[C@H]1/C(=C/C(=O)OC)C[C@H]2C[C@H](C(C)=O)OC(=O)C[C@H](O)C[C@@H]3CCC[C@](O)(C[C@@H]4CCC[C@H](/C=C\C(C)(C)[C@]1(O)O2)O4)O3. The van der Waals surface area contributed by atoms with E-state index in [1.54, 1.807) is 19.9 Å². The van der Waals surface area contributed by atoms with E-state index in [0.717, 1.165) is 32.1 Å². The van der Waals surface area contributed by atoms with Gasteiger partial charge in [-0.2, -0.15) is 0 Å². The van der Waals surface area contributed by atoms with Gasteiger partial charge in [-0.1, -0.05) is 58.6 Å². The van der Waals surface area contributed by atoms with Crippen molar-refractivity contribution in [2.75, 3.05) is 7.11 Å². The van der Waals surface area contributed by atoms with Crippen molar-refractivity contribution in [3.63, 3.8) is 0 Å². The highest BCUT2D eigenvalue weighted by molar-refractivity contribution is 5.84. The number of aliphatic hydroxyl groups excluding tert-OH is 1. The van der Waals surface area contributed by atoms with E-state index in [0.29, 0.717) is 38.5 Å². The van der Waals surface area contributed by atoms with E-state index >= 15 is 0 Å². The molecule has 4 aliphatic rings. The fourth-order valence-electron chi connectivity index (χ4n) is 7.88. The quantitative estimate of drug-likeness (QED) is 0.0937. The molecule has 300 valence electrons. The summed E-state index contributed by atoms with van der Waals surface area (Å²) in [7, 11) is 1.21. The van der Waals surface area contributed by atoms with Gasteiger partial charge < -0.3 is 43.7 Å². The third-order valence-electron chi connectivity index (χ3n) is 10.9. The highest BCUT2D eigenvalue weighted by Gasteiger charge is 2.57. The van der Waals surface area contributed by atoms with Gasteiger partial charge in [0, 0.05) is 43.6 Å². The maximum absolute atomic E-state index is 13.3. The zero-order chi connectivity index (χ0) is 38.8. The van der Waals surface area contributed by atoms with Crippen LogP contribution in [0.5, 0.6) is 0 Å². The number of carbonyl (C=O) groups is 4. The number of hydrogen-bond donors (Lipinski definition) is 3. The van der Waals surface area contributed by atoms with Crippen molar-refractivity contribution in [1.29, 1.82) is 0 Å². The number of ether oxygens (including phenoxy) is 6. The molecule has 0 aromatic carbocycles. The molecule has 4 heterocycles. The van der Waals surface area contributed by atoms with Crippen LogP contribution in [0.1, 0.15) is 137 Å². The molecule has 0 unspecified atom stereocenters. The number of aliphatic hydroxyl groups is 3. The average Bonchev–Trinajstić information content (AvgIpc) is 3.08. The predicted octanol–water partition coefficient (Wildman–Crippen LogP) is 5.05. The summed E-state index contributed by atoms with van der Waals surface area (Å²) in [5.41, 5.74) is -1.08. The normalized spacial score (nSPS) is 36.8. The molecule has 13 heteroatoms. The third-order valence-corrected chi connectivity index (χ3v) is 10.9. The largest absolute Gasteiger partial charge is 0.466 e. The smallest absolute Gasteiger partial charge is 0.330 e. The maximum atomic E-state index is 13.3. The average molecular weight is 751 g/mol. The Labute approximate surface area is 313 Å². The molecule has 53 heavy (non-hydrogen) atoms. The minimum absolute atomic E-state index is 0.0506. The molecule has 4 aliphatic heterocycles. The second kappa shape index (κ2) is 19.3. The number of ketones is 1. The number of fused-ring (bicyclic) bond motifs is 6. The van der Waals surface area contributed by atoms with Gasteiger partial charge in [-0.05, 0) is 57.4 Å². The van der Waals surface area contributed by atoms with Gasteiger partial charge in [-0.3, -0.25) is 14.4 Å². The van der Waals surface area contributed by atoms with E-state index in [1.165, 1.54) is 20.1 Å². The van der Waals surface area contributed by atoms with Gasteiger partial charge in [-0.15, -0.1) is 0 Å². The van der Waals surface area contributed by atoms with Gasteiger partial charge >= 0.3 is 17.9 Å². The van der Waals surface area contributed by atoms with Crippen molar-refractivity contribution in [3.8, 4) is 0 Å². The van der Waals surface area contributed by atoms with Crippen LogP contribution in [0.3, 0.4) is 0 Å². The van der Waals surface area contributed by atoms with Crippen molar-refractivity contribution < 1.29 is 62.9 Å². The monoisotopic (exact) mass is 750 g/mol. The lowest BCUT2D eigenvalue weighted by Crippen LogP contribution is -2.62. The summed E-state index contributed by atoms with van der Waals surface area (Å²) in [6.45, 7) is 6.79. The van der Waals surface area contributed by atoms with Crippen LogP contribution in [0.15, 0.2) is 23.8 Å². The van der Waals surface area contributed by atoms with Crippen LogP contribution in [0, 0.1) is 5.41 Å². The molecule has 3 fully saturated rings. The first-order chi connectivity index (χ1) is 25.1. The lowest BCUT2D eigenvalue weighted by Gasteiger charge is -2.51. The van der Waals surface area contributed by atoms with Crippen molar-refractivity contribution in [2.45, 2.75) is 191 Å². The highest BCUT2D eigenvalue weighted by atomic mass is 16.7. The Hall–Kier alpha value is -2.68. The summed E-state index contributed by atoms with van der Waals surface area (Å²) in [6, 6.07) is 0. The van der Waals surface area contributed by atoms with E-state index in [4.69, 9.17) is 28.4 Å². The number of rotatable bonds is 9. The first kappa shape index (κ1) is 43.1. The van der Waals surface area contributed by atoms with Crippen LogP contribution in [-0.4, -0.2) is 100 Å². The molecule has 0 amide bonds. The Kier molecular flexibility index (Phi) is 15.6. The van der Waals surface area contributed by atoms with Gasteiger partial charge in [0.15, 0.2) is 23.8 Å². The molecule has 9 atom stereocenters. The Bertz CT molecular complexity index is 1330. The molecule has 0 aliphatic carbocycles. The number of Topliss-reactive ketones (excluding diaryl/α,β-unsaturated/α-hetero) is 1. The van der Waals surface area contributed by atoms with Crippen LogP contribution in [0.2, 0.25) is 0 Å². The lowest BCUT2D eigenvalue weighted by molar-refractivity contribution is -0.326. The second-order valence-corrected chi connectivity index (χ2v) is 15.9. The molecular formula is C40H62O13. The van der Waals surface area contributed by atoms with E-state index < -0.39 is 77.6 Å². The summed E-state index contributed by atoms with van der Waals surface area (Å²) in [5, 5.41) is 35.0. The van der Waals surface area contributed by atoms with Crippen molar-refractivity contribution in [1.82, 2.24) is 0 Å². The molecule has 13 nitrogen and oxygen atoms in total. The third kappa shape index (κ3) is 12.2. The number of carbonyl (C=O) groups excluding carboxylic acids is 4. The van der Waals surface area contributed by atoms with E-state index in [1.807, 2.05) is 6.08 Å². The minimum Gasteiger partial charge on any atom is -0.466 e. The zero-order valence-electron chi connectivity index (χ0n) is 32.2. The number of hydrogen-bond acceptors (Lipinski definition) is 13. The topological polar surface area (TPSA) is 184 Å². The fourth-order valence-corrected chi connectivity index (χ4v) is 7.88. The zero-order valence-corrected chi connectivity index (χ0v) is 32.2. The number of cyclic esters (lactones) is 1. The van der Waals surface area contributed by atoms with Crippen molar-refractivity contribution >= 4 is 23.7 Å². The van der Waals surface area contributed by atoms with Crippen LogP contribution in [0.4, 0.5) is 0 Å². The van der Waals surface area contributed by atoms with Gasteiger partial charge in [0.2, 0.25) is 5.79 Å². The number of esters is 3. The molecule has 0 spiro atoms. The molecule has 0 aromatic heterocycles. The fraction of sp³-hybridized carbons (Fsp3) is 0.800. The molecule has 3 saturated heterocycles. The predicted molar refractivity (Wildman–Crippen MR) is 192 cm³/mol. The summed E-state index contributed by atoms with van der Waals surface area (Å²) in [5.74, 6) is -6.35. The molecule has 3 N–H and O–H groups in total. The van der Waals surface area contributed by atoms with Crippen LogP contribution >= 0.6 is 0 Å². The van der Waals surface area contributed by atoms with Crippen LogP contribution in [-0.2, 0) is 47.6 Å². The summed E-state index contributed by atoms with van der Waals surface area (Å²) >= 11 is 0. The minimum atomic E-state index is -2.28. The van der Waals surface area contributed by atoms with E-state index in [2.05, 4.69) is 6.92 Å². The Balaban J connectivity index is 1.72. The molecule has 0 radical (unpaired) electrons. The standard InChI is InChI=1S/C40H62O13/c1-6-7-8-9-10-16-34(43)51-37-27(21-35(44)48-5)20-32-24-33(26(2)41)50-36(45)23-28(42)22-30-15-12-18-39(46,52-30)25-31-14-11-13-29(49-31)17-19-38(3,4)40(37,47)53-32/h17,19,21,28-33,37,42,46-47H,6-16,18,20,22-25H2,1-5H3/b19-17-,27-21+/t28-,29-,30+,31+,32+,33-,37+,39-,40-/m1/s1. The van der Waals surface area contributed by atoms with Gasteiger partial charge in [-0.25, -0.2) is 4.79 Å². The Morgan fingerprint density at radius 3 is 2.42 bits per heavy atom. The molecule has 0 saturated carbocycles. The lowest BCUT2D eigenvalue weighted by atomic mass is 9.74. The van der Waals surface area contributed by atoms with Gasteiger partial charge in [0.05, 0.1) is 44.1 Å². The van der Waals surface area contributed by atoms with Gasteiger partial charge in [0.25, 0.3) is 0 Å². The number of unbranched alkanes of at least 4 members (excludes halogenated alkanes) is 4. The second-order valence-electron chi connectivity index (χ2n) is 15.9. The van der Waals surface area contributed by atoms with Crippen molar-refractivity contribution in [2.24, 2.45) is 5.41 Å². The Morgan fingerprint density at radius 1 is 0.962 bits per heavy atom. The molecular weight excluding hydrogens is 688 g/mol. The maximum Gasteiger partial charge on any atom is 0.330 e.